The van der Waals surface area contributed by atoms with Gasteiger partial charge in [-0.2, -0.15) is 0 Å². The van der Waals surface area contributed by atoms with Gasteiger partial charge in [0.2, 0.25) is 0 Å². The summed E-state index contributed by atoms with van der Waals surface area (Å²) in [5.41, 5.74) is 2.67. The monoisotopic (exact) mass is 275 g/mol. The molecule has 0 bridgehead atoms. The Labute approximate surface area is 123 Å². The van der Waals surface area contributed by atoms with E-state index in [-0.39, 0.29) is 0 Å². The molecule has 1 aromatic rings. The zero-order chi connectivity index (χ0) is 14.4. The van der Waals surface area contributed by atoms with E-state index < -0.39 is 0 Å². The summed E-state index contributed by atoms with van der Waals surface area (Å²) in [5, 5.41) is 3.78. The fraction of sp³-hybridized carbons (Fsp3) is 0.667. The molecule has 1 fully saturated rings. The highest BCUT2D eigenvalue weighted by Crippen LogP contribution is 2.35. The molecule has 1 aromatic carbocycles. The smallest absolute Gasteiger partial charge is 0.121 e. The van der Waals surface area contributed by atoms with Crippen LogP contribution in [0.2, 0.25) is 0 Å². The Balaban J connectivity index is 2.18. The number of nitrogens with one attached hydrogen (secondary N) is 1. The SMILES string of the molecule is CCCNC(c1ccc(OC)c(C)c1)C1CCCCC1. The summed E-state index contributed by atoms with van der Waals surface area (Å²) in [6, 6.07) is 7.18. The number of ether oxygens (including phenoxy) is 1. The molecule has 2 heteroatoms. The minimum atomic E-state index is 0.514. The van der Waals surface area contributed by atoms with Crippen LogP contribution in [0.4, 0.5) is 0 Å². The van der Waals surface area contributed by atoms with Crippen molar-refractivity contribution in [3.05, 3.63) is 29.3 Å². The molecule has 0 heterocycles. The second-order valence-electron chi connectivity index (χ2n) is 6.06. The van der Waals surface area contributed by atoms with Gasteiger partial charge in [-0.25, -0.2) is 0 Å². The minimum absolute atomic E-state index is 0.514. The average Bonchev–Trinajstić information content (AvgIpc) is 2.49. The molecule has 0 radical (unpaired) electrons. The van der Waals surface area contributed by atoms with E-state index in [1.807, 2.05) is 0 Å². The lowest BCUT2D eigenvalue weighted by atomic mass is 9.81. The van der Waals surface area contributed by atoms with Crippen molar-refractivity contribution in [3.8, 4) is 5.75 Å². The van der Waals surface area contributed by atoms with E-state index in [0.717, 1.165) is 18.2 Å². The summed E-state index contributed by atoms with van der Waals surface area (Å²) in [5.74, 6) is 1.79. The minimum Gasteiger partial charge on any atom is -0.496 e. The van der Waals surface area contributed by atoms with Gasteiger partial charge in [-0.1, -0.05) is 38.3 Å². The Morgan fingerprint density at radius 3 is 2.60 bits per heavy atom. The predicted molar refractivity (Wildman–Crippen MR) is 85.3 cm³/mol. The quantitative estimate of drug-likeness (QED) is 0.817. The number of methoxy groups -OCH3 is 1. The van der Waals surface area contributed by atoms with E-state index in [1.165, 1.54) is 49.7 Å². The second-order valence-corrected chi connectivity index (χ2v) is 6.06. The lowest BCUT2D eigenvalue weighted by molar-refractivity contribution is 0.271. The van der Waals surface area contributed by atoms with E-state index in [2.05, 4.69) is 37.4 Å². The second kappa shape index (κ2) is 7.68. The Morgan fingerprint density at radius 1 is 1.25 bits per heavy atom. The third-order valence-corrected chi connectivity index (χ3v) is 4.51. The van der Waals surface area contributed by atoms with Crippen molar-refractivity contribution in [1.82, 2.24) is 5.32 Å². The van der Waals surface area contributed by atoms with Gasteiger partial charge in [0, 0.05) is 6.04 Å². The number of aryl methyl sites for hydroxylation is 1. The fourth-order valence-corrected chi connectivity index (χ4v) is 3.42. The average molecular weight is 275 g/mol. The van der Waals surface area contributed by atoms with E-state index in [0.29, 0.717) is 6.04 Å². The van der Waals surface area contributed by atoms with Gasteiger partial charge in [0.1, 0.15) is 5.75 Å². The Hall–Kier alpha value is -1.02. The van der Waals surface area contributed by atoms with E-state index in [1.54, 1.807) is 7.11 Å². The molecule has 0 spiro atoms. The maximum atomic E-state index is 5.39. The molecule has 2 rings (SSSR count). The number of hydrogen-bond donors (Lipinski definition) is 1. The molecule has 2 nitrogen and oxygen atoms in total. The van der Waals surface area contributed by atoms with Gasteiger partial charge in [0.15, 0.2) is 0 Å². The molecule has 112 valence electrons. The largest absolute Gasteiger partial charge is 0.496 e. The highest BCUT2D eigenvalue weighted by atomic mass is 16.5. The van der Waals surface area contributed by atoms with Crippen LogP contribution in [-0.4, -0.2) is 13.7 Å². The van der Waals surface area contributed by atoms with Crippen LogP contribution < -0.4 is 10.1 Å². The van der Waals surface area contributed by atoms with Crippen LogP contribution in [0.15, 0.2) is 18.2 Å². The fourth-order valence-electron chi connectivity index (χ4n) is 3.42. The van der Waals surface area contributed by atoms with Crippen LogP contribution in [0.3, 0.4) is 0 Å². The first-order valence-electron chi connectivity index (χ1n) is 8.14. The molecular formula is C18H29NO. The van der Waals surface area contributed by atoms with Crippen molar-refractivity contribution >= 4 is 0 Å². The summed E-state index contributed by atoms with van der Waals surface area (Å²) in [4.78, 5) is 0. The van der Waals surface area contributed by atoms with Gasteiger partial charge in [-0.3, -0.25) is 0 Å². The molecule has 1 aliphatic rings. The molecule has 1 N–H and O–H groups in total. The molecule has 1 unspecified atom stereocenters. The highest BCUT2D eigenvalue weighted by molar-refractivity contribution is 5.37. The first kappa shape index (κ1) is 15.4. The number of rotatable bonds is 6. The van der Waals surface area contributed by atoms with Crippen LogP contribution in [0.1, 0.15) is 62.6 Å². The van der Waals surface area contributed by atoms with E-state index in [9.17, 15) is 0 Å². The molecule has 0 amide bonds. The molecule has 1 saturated carbocycles. The third kappa shape index (κ3) is 3.76. The summed E-state index contributed by atoms with van der Waals surface area (Å²) >= 11 is 0. The lowest BCUT2D eigenvalue weighted by Crippen LogP contribution is -2.30. The van der Waals surface area contributed by atoms with Gasteiger partial charge in [-0.15, -0.1) is 0 Å². The molecule has 0 saturated heterocycles. The molecule has 20 heavy (non-hydrogen) atoms. The molecule has 0 aliphatic heterocycles. The summed E-state index contributed by atoms with van der Waals surface area (Å²) in [7, 11) is 1.75. The van der Waals surface area contributed by atoms with Crippen molar-refractivity contribution in [2.24, 2.45) is 5.92 Å². The van der Waals surface area contributed by atoms with Crippen LogP contribution in [0.5, 0.6) is 5.75 Å². The molecular weight excluding hydrogens is 246 g/mol. The molecule has 1 atom stereocenters. The van der Waals surface area contributed by atoms with Crippen molar-refractivity contribution in [1.29, 1.82) is 0 Å². The van der Waals surface area contributed by atoms with Crippen molar-refractivity contribution in [2.45, 2.75) is 58.4 Å². The first-order valence-corrected chi connectivity index (χ1v) is 8.14. The van der Waals surface area contributed by atoms with Gasteiger partial charge < -0.3 is 10.1 Å². The Morgan fingerprint density at radius 2 is 2.00 bits per heavy atom. The summed E-state index contributed by atoms with van der Waals surface area (Å²) < 4.78 is 5.39. The van der Waals surface area contributed by atoms with Crippen LogP contribution >= 0.6 is 0 Å². The summed E-state index contributed by atoms with van der Waals surface area (Å²) in [6.45, 7) is 5.48. The van der Waals surface area contributed by atoms with E-state index in [4.69, 9.17) is 4.74 Å². The Bertz CT molecular complexity index is 410. The van der Waals surface area contributed by atoms with Gasteiger partial charge in [0.25, 0.3) is 0 Å². The van der Waals surface area contributed by atoms with Gasteiger partial charge >= 0.3 is 0 Å². The maximum absolute atomic E-state index is 5.39. The van der Waals surface area contributed by atoms with Gasteiger partial charge in [0.05, 0.1) is 7.11 Å². The van der Waals surface area contributed by atoms with Crippen molar-refractivity contribution < 1.29 is 4.74 Å². The summed E-state index contributed by atoms with van der Waals surface area (Å²) in [6.07, 6.45) is 8.13. The first-order chi connectivity index (χ1) is 9.76. The third-order valence-electron chi connectivity index (χ3n) is 4.51. The zero-order valence-corrected chi connectivity index (χ0v) is 13.2. The molecule has 1 aliphatic carbocycles. The number of hydrogen-bond acceptors (Lipinski definition) is 2. The molecule has 0 aromatic heterocycles. The zero-order valence-electron chi connectivity index (χ0n) is 13.2. The lowest BCUT2D eigenvalue weighted by Gasteiger charge is -2.32. The van der Waals surface area contributed by atoms with Crippen LogP contribution in [0, 0.1) is 12.8 Å². The highest BCUT2D eigenvalue weighted by Gasteiger charge is 2.24. The van der Waals surface area contributed by atoms with Crippen LogP contribution in [0.25, 0.3) is 0 Å². The van der Waals surface area contributed by atoms with Crippen LogP contribution in [-0.2, 0) is 0 Å². The van der Waals surface area contributed by atoms with Crippen molar-refractivity contribution in [3.63, 3.8) is 0 Å². The standard InChI is InChI=1S/C18H29NO/c1-4-12-19-18(15-8-6-5-7-9-15)16-10-11-17(20-3)14(2)13-16/h10-11,13,15,18-19H,4-9,12H2,1-3H3. The topological polar surface area (TPSA) is 21.3 Å². The maximum Gasteiger partial charge on any atom is 0.121 e. The van der Waals surface area contributed by atoms with Crippen molar-refractivity contribution in [2.75, 3.05) is 13.7 Å². The number of benzene rings is 1. The Kier molecular flexibility index (Phi) is 5.90. The predicted octanol–water partition coefficient (Wildman–Crippen LogP) is 4.62. The van der Waals surface area contributed by atoms with E-state index >= 15 is 0 Å². The van der Waals surface area contributed by atoms with Gasteiger partial charge in [-0.05, 0) is 55.8 Å². The normalized spacial score (nSPS) is 17.9.